The second kappa shape index (κ2) is 6.32. The summed E-state index contributed by atoms with van der Waals surface area (Å²) in [7, 11) is 0. The number of aliphatic carboxylic acids is 1. The summed E-state index contributed by atoms with van der Waals surface area (Å²) in [6.45, 7) is 5.26. The maximum atomic E-state index is 13.2. The molecule has 0 aliphatic carbocycles. The third-order valence-corrected chi connectivity index (χ3v) is 5.02. The zero-order valence-corrected chi connectivity index (χ0v) is 13.2. The molecule has 116 valence electrons. The van der Waals surface area contributed by atoms with Gasteiger partial charge in [0.2, 0.25) is 0 Å². The molecule has 1 heterocycles. The molecule has 1 aliphatic rings. The molecule has 0 saturated carbocycles. The number of carboxylic acids is 1. The Morgan fingerprint density at radius 2 is 2.29 bits per heavy atom. The second-order valence-corrected chi connectivity index (χ2v) is 6.26. The number of hydrogen-bond acceptors (Lipinski definition) is 2. The Balaban J connectivity index is 2.22. The molecule has 1 fully saturated rings. The van der Waals surface area contributed by atoms with Crippen molar-refractivity contribution in [3.8, 4) is 0 Å². The molecule has 3 nitrogen and oxygen atoms in total. The van der Waals surface area contributed by atoms with E-state index in [4.69, 9.17) is 11.6 Å². The van der Waals surface area contributed by atoms with Crippen molar-refractivity contribution < 1.29 is 14.3 Å². The molecule has 1 saturated heterocycles. The first kappa shape index (κ1) is 16.2. The van der Waals surface area contributed by atoms with Gasteiger partial charge in [-0.2, -0.15) is 0 Å². The van der Waals surface area contributed by atoms with Crippen molar-refractivity contribution in [2.24, 2.45) is 5.41 Å². The van der Waals surface area contributed by atoms with Crippen LogP contribution < -0.4 is 0 Å². The molecule has 2 atom stereocenters. The highest BCUT2D eigenvalue weighted by Crippen LogP contribution is 2.38. The Labute approximate surface area is 129 Å². The topological polar surface area (TPSA) is 40.5 Å². The van der Waals surface area contributed by atoms with Gasteiger partial charge in [-0.05, 0) is 50.4 Å². The SMILES string of the molecule is CCC1(C(=O)O)CCCN(C(C)c2ccc(F)cc2Cl)C1. The Bertz CT molecular complexity index is 537. The molecular formula is C16H21ClFNO2. The van der Waals surface area contributed by atoms with Gasteiger partial charge in [0.25, 0.3) is 0 Å². The van der Waals surface area contributed by atoms with E-state index in [1.165, 1.54) is 12.1 Å². The third kappa shape index (κ3) is 3.22. The van der Waals surface area contributed by atoms with E-state index in [1.54, 1.807) is 6.07 Å². The molecule has 2 unspecified atom stereocenters. The Morgan fingerprint density at radius 3 is 2.86 bits per heavy atom. The van der Waals surface area contributed by atoms with Crippen molar-refractivity contribution in [1.82, 2.24) is 4.90 Å². The predicted octanol–water partition coefficient (Wildman–Crippen LogP) is 4.12. The molecule has 1 aliphatic heterocycles. The smallest absolute Gasteiger partial charge is 0.310 e. The Kier molecular flexibility index (Phi) is 4.89. The average Bonchev–Trinajstić information content (AvgIpc) is 2.46. The highest BCUT2D eigenvalue weighted by molar-refractivity contribution is 6.31. The van der Waals surface area contributed by atoms with E-state index in [1.807, 2.05) is 13.8 Å². The standard InChI is InChI=1S/C16H21ClFNO2/c1-3-16(15(20)21)7-4-8-19(10-16)11(2)13-6-5-12(18)9-14(13)17/h5-6,9,11H,3-4,7-8,10H2,1-2H3,(H,20,21). The fraction of sp³-hybridized carbons (Fsp3) is 0.562. The van der Waals surface area contributed by atoms with E-state index in [2.05, 4.69) is 4.90 Å². The summed E-state index contributed by atoms with van der Waals surface area (Å²) in [6.07, 6.45) is 2.17. The van der Waals surface area contributed by atoms with Crippen LogP contribution in [0.4, 0.5) is 4.39 Å². The van der Waals surface area contributed by atoms with Gasteiger partial charge in [-0.3, -0.25) is 9.69 Å². The summed E-state index contributed by atoms with van der Waals surface area (Å²) in [6, 6.07) is 4.36. The van der Waals surface area contributed by atoms with Crippen molar-refractivity contribution in [1.29, 1.82) is 0 Å². The van der Waals surface area contributed by atoms with Crippen LogP contribution >= 0.6 is 11.6 Å². The van der Waals surface area contributed by atoms with Crippen molar-refractivity contribution in [2.45, 2.75) is 39.2 Å². The van der Waals surface area contributed by atoms with Crippen molar-refractivity contribution in [3.05, 3.63) is 34.6 Å². The van der Waals surface area contributed by atoms with E-state index in [0.717, 1.165) is 18.5 Å². The van der Waals surface area contributed by atoms with Gasteiger partial charge in [-0.1, -0.05) is 24.6 Å². The van der Waals surface area contributed by atoms with E-state index < -0.39 is 11.4 Å². The summed E-state index contributed by atoms with van der Waals surface area (Å²) in [4.78, 5) is 13.8. The maximum absolute atomic E-state index is 13.2. The van der Waals surface area contributed by atoms with Crippen LogP contribution in [0.5, 0.6) is 0 Å². The summed E-state index contributed by atoms with van der Waals surface area (Å²) < 4.78 is 13.2. The number of hydrogen-bond donors (Lipinski definition) is 1. The Hall–Kier alpha value is -1.13. The number of carbonyl (C=O) groups is 1. The van der Waals surface area contributed by atoms with Crippen molar-refractivity contribution in [3.63, 3.8) is 0 Å². The second-order valence-electron chi connectivity index (χ2n) is 5.85. The molecule has 0 amide bonds. The number of likely N-dealkylation sites (tertiary alicyclic amines) is 1. The van der Waals surface area contributed by atoms with Gasteiger partial charge in [-0.25, -0.2) is 4.39 Å². The van der Waals surface area contributed by atoms with E-state index >= 15 is 0 Å². The predicted molar refractivity (Wildman–Crippen MR) is 81.0 cm³/mol. The minimum absolute atomic E-state index is 0.0244. The molecule has 1 N–H and O–H groups in total. The van der Waals surface area contributed by atoms with Crippen LogP contribution in [-0.2, 0) is 4.79 Å². The average molecular weight is 314 g/mol. The van der Waals surface area contributed by atoms with Crippen molar-refractivity contribution in [2.75, 3.05) is 13.1 Å². The number of carboxylic acid groups (broad SMARTS) is 1. The zero-order valence-electron chi connectivity index (χ0n) is 12.4. The molecule has 0 bridgehead atoms. The van der Waals surface area contributed by atoms with Crippen LogP contribution in [0, 0.1) is 11.2 Å². The first-order chi connectivity index (χ1) is 9.89. The lowest BCUT2D eigenvalue weighted by molar-refractivity contribution is -0.153. The first-order valence-corrected chi connectivity index (χ1v) is 7.70. The van der Waals surface area contributed by atoms with Crippen LogP contribution in [0.3, 0.4) is 0 Å². The lowest BCUT2D eigenvalue weighted by atomic mass is 9.77. The number of benzene rings is 1. The lowest BCUT2D eigenvalue weighted by Crippen LogP contribution is -2.48. The minimum atomic E-state index is -0.730. The fourth-order valence-electron chi connectivity index (χ4n) is 3.15. The monoisotopic (exact) mass is 313 g/mol. The quantitative estimate of drug-likeness (QED) is 0.909. The first-order valence-electron chi connectivity index (χ1n) is 7.32. The molecular weight excluding hydrogens is 293 g/mol. The molecule has 1 aromatic carbocycles. The summed E-state index contributed by atoms with van der Waals surface area (Å²) in [5.74, 6) is -1.09. The molecule has 1 aromatic rings. The highest BCUT2D eigenvalue weighted by atomic mass is 35.5. The van der Waals surface area contributed by atoms with Gasteiger partial charge in [0.15, 0.2) is 0 Å². The van der Waals surface area contributed by atoms with Crippen LogP contribution in [0.2, 0.25) is 5.02 Å². The molecule has 5 heteroatoms. The van der Waals surface area contributed by atoms with E-state index in [-0.39, 0.29) is 11.9 Å². The lowest BCUT2D eigenvalue weighted by Gasteiger charge is -2.42. The van der Waals surface area contributed by atoms with Crippen LogP contribution in [0.25, 0.3) is 0 Å². The van der Waals surface area contributed by atoms with Gasteiger partial charge in [0.1, 0.15) is 5.82 Å². The number of rotatable bonds is 4. The van der Waals surface area contributed by atoms with Gasteiger partial charge >= 0.3 is 5.97 Å². The summed E-state index contributed by atoms with van der Waals surface area (Å²) >= 11 is 6.13. The van der Waals surface area contributed by atoms with Gasteiger partial charge < -0.3 is 5.11 Å². The fourth-order valence-corrected chi connectivity index (χ4v) is 3.47. The minimum Gasteiger partial charge on any atom is -0.481 e. The van der Waals surface area contributed by atoms with Crippen LogP contribution in [0.1, 0.15) is 44.7 Å². The van der Waals surface area contributed by atoms with E-state index in [9.17, 15) is 14.3 Å². The largest absolute Gasteiger partial charge is 0.481 e. The van der Waals surface area contributed by atoms with E-state index in [0.29, 0.717) is 24.4 Å². The van der Waals surface area contributed by atoms with Gasteiger partial charge in [-0.15, -0.1) is 0 Å². The third-order valence-electron chi connectivity index (χ3n) is 4.70. The molecule has 0 spiro atoms. The number of nitrogens with zero attached hydrogens (tertiary/aromatic N) is 1. The van der Waals surface area contributed by atoms with Crippen LogP contribution in [-0.4, -0.2) is 29.1 Å². The number of halogens is 2. The van der Waals surface area contributed by atoms with Gasteiger partial charge in [0.05, 0.1) is 5.41 Å². The molecule has 0 radical (unpaired) electrons. The van der Waals surface area contributed by atoms with Crippen LogP contribution in [0.15, 0.2) is 18.2 Å². The zero-order chi connectivity index (χ0) is 15.6. The maximum Gasteiger partial charge on any atom is 0.310 e. The van der Waals surface area contributed by atoms with Gasteiger partial charge in [0, 0.05) is 17.6 Å². The normalized spacial score (nSPS) is 24.8. The molecule has 2 rings (SSSR count). The molecule has 21 heavy (non-hydrogen) atoms. The summed E-state index contributed by atoms with van der Waals surface area (Å²) in [5.41, 5.74) is 0.161. The molecule has 0 aromatic heterocycles. The summed E-state index contributed by atoms with van der Waals surface area (Å²) in [5, 5.41) is 9.94. The number of piperidine rings is 1. The highest BCUT2D eigenvalue weighted by Gasteiger charge is 2.42. The van der Waals surface area contributed by atoms with Crippen molar-refractivity contribution >= 4 is 17.6 Å². The Morgan fingerprint density at radius 1 is 1.57 bits per heavy atom.